The van der Waals surface area contributed by atoms with Gasteiger partial charge >= 0.3 is 0 Å². The number of thiazole rings is 1. The molecule has 1 aromatic rings. The zero-order valence-corrected chi connectivity index (χ0v) is 11.6. The lowest BCUT2D eigenvalue weighted by molar-refractivity contribution is 0.195. The Morgan fingerprint density at radius 3 is 2.88 bits per heavy atom. The van der Waals surface area contributed by atoms with Crippen molar-refractivity contribution in [2.45, 2.75) is 31.6 Å². The van der Waals surface area contributed by atoms with Gasteiger partial charge in [-0.1, -0.05) is 0 Å². The normalized spacial score (nSPS) is 22.1. The highest BCUT2D eigenvalue weighted by atomic mass is 32.2. The highest BCUT2D eigenvalue weighted by molar-refractivity contribution is 8.00. The van der Waals surface area contributed by atoms with E-state index in [2.05, 4.69) is 23.7 Å². The average molecular weight is 258 g/mol. The van der Waals surface area contributed by atoms with E-state index in [0.29, 0.717) is 4.75 Å². The zero-order chi connectivity index (χ0) is 11.8. The molecule has 1 saturated heterocycles. The van der Waals surface area contributed by atoms with Gasteiger partial charge < -0.3 is 10.0 Å². The predicted octanol–water partition coefficient (Wildman–Crippen LogP) is 2.53. The first-order chi connectivity index (χ1) is 7.48. The van der Waals surface area contributed by atoms with E-state index in [-0.39, 0.29) is 0 Å². The fourth-order valence-electron chi connectivity index (χ4n) is 1.79. The second-order valence-corrected chi connectivity index (χ2v) is 7.40. The molecular formula is C11H18N2OS2. The number of hydrogen-bond donors (Lipinski definition) is 1. The smallest absolute Gasteiger partial charge is 0.185 e. The first-order valence-electron chi connectivity index (χ1n) is 5.50. The van der Waals surface area contributed by atoms with Gasteiger partial charge in [0.15, 0.2) is 5.13 Å². The van der Waals surface area contributed by atoms with Crippen LogP contribution in [0.2, 0.25) is 0 Å². The first kappa shape index (κ1) is 12.2. The molecule has 0 radical (unpaired) electrons. The Balaban J connectivity index is 2.11. The van der Waals surface area contributed by atoms with Crippen LogP contribution in [0.5, 0.6) is 0 Å². The molecule has 1 N–H and O–H groups in total. The summed E-state index contributed by atoms with van der Waals surface area (Å²) in [5.74, 6) is 1.15. The Hall–Kier alpha value is -0.260. The summed E-state index contributed by atoms with van der Waals surface area (Å²) in [7, 11) is 0. The molecule has 3 nitrogen and oxygen atoms in total. The van der Waals surface area contributed by atoms with Crippen LogP contribution in [0, 0.1) is 0 Å². The van der Waals surface area contributed by atoms with Crippen LogP contribution in [-0.2, 0) is 0 Å². The van der Waals surface area contributed by atoms with E-state index in [9.17, 15) is 5.11 Å². The molecule has 0 aliphatic carbocycles. The highest BCUT2D eigenvalue weighted by Gasteiger charge is 2.28. The van der Waals surface area contributed by atoms with Crippen LogP contribution in [0.1, 0.15) is 32.6 Å². The van der Waals surface area contributed by atoms with Gasteiger partial charge in [0.1, 0.15) is 0 Å². The van der Waals surface area contributed by atoms with Crippen molar-refractivity contribution in [3.63, 3.8) is 0 Å². The molecular weight excluding hydrogens is 240 g/mol. The van der Waals surface area contributed by atoms with Crippen LogP contribution in [0.4, 0.5) is 5.13 Å². The monoisotopic (exact) mass is 258 g/mol. The van der Waals surface area contributed by atoms with Crippen molar-refractivity contribution in [2.24, 2.45) is 0 Å². The SMILES string of the molecule is CC(O)c1csc(N2CCSC(C)(C)C2)n1. The van der Waals surface area contributed by atoms with Gasteiger partial charge in [0.2, 0.25) is 0 Å². The Bertz CT molecular complexity index is 363. The van der Waals surface area contributed by atoms with Crippen molar-refractivity contribution in [3.8, 4) is 0 Å². The van der Waals surface area contributed by atoms with E-state index in [1.807, 2.05) is 17.1 Å². The van der Waals surface area contributed by atoms with E-state index < -0.39 is 6.10 Å². The fraction of sp³-hybridized carbons (Fsp3) is 0.727. The van der Waals surface area contributed by atoms with E-state index in [1.54, 1.807) is 18.3 Å². The number of thioether (sulfide) groups is 1. The minimum atomic E-state index is -0.461. The maximum Gasteiger partial charge on any atom is 0.185 e. The molecule has 0 bridgehead atoms. The maximum absolute atomic E-state index is 9.46. The second kappa shape index (κ2) is 4.55. The summed E-state index contributed by atoms with van der Waals surface area (Å²) < 4.78 is 0.301. The molecule has 1 fully saturated rings. The summed E-state index contributed by atoms with van der Waals surface area (Å²) in [5, 5.41) is 12.5. The molecule has 5 heteroatoms. The van der Waals surface area contributed by atoms with E-state index in [1.165, 1.54) is 0 Å². The van der Waals surface area contributed by atoms with Gasteiger partial charge in [-0.25, -0.2) is 4.98 Å². The van der Waals surface area contributed by atoms with Gasteiger partial charge in [-0.05, 0) is 20.8 Å². The lowest BCUT2D eigenvalue weighted by Crippen LogP contribution is -2.43. The van der Waals surface area contributed by atoms with Gasteiger partial charge in [0.25, 0.3) is 0 Å². The van der Waals surface area contributed by atoms with E-state index in [4.69, 9.17) is 0 Å². The molecule has 1 aliphatic rings. The molecule has 0 saturated carbocycles. The molecule has 2 heterocycles. The number of anilines is 1. The summed E-state index contributed by atoms with van der Waals surface area (Å²) in [6.45, 7) is 8.39. The average Bonchev–Trinajstić information content (AvgIpc) is 2.64. The van der Waals surface area contributed by atoms with Gasteiger partial charge in [-0.2, -0.15) is 11.8 Å². The predicted molar refractivity (Wildman–Crippen MR) is 71.5 cm³/mol. The van der Waals surface area contributed by atoms with Crippen molar-refractivity contribution in [2.75, 3.05) is 23.7 Å². The number of aromatic nitrogens is 1. The van der Waals surface area contributed by atoms with Crippen LogP contribution < -0.4 is 4.90 Å². The molecule has 0 amide bonds. The Kier molecular flexibility index (Phi) is 3.47. The van der Waals surface area contributed by atoms with E-state index in [0.717, 1.165) is 29.7 Å². The second-order valence-electron chi connectivity index (χ2n) is 4.76. The van der Waals surface area contributed by atoms with Gasteiger partial charge in [-0.15, -0.1) is 11.3 Å². The summed E-state index contributed by atoms with van der Waals surface area (Å²) in [6.07, 6.45) is -0.461. The maximum atomic E-state index is 9.46. The summed E-state index contributed by atoms with van der Waals surface area (Å²) >= 11 is 3.65. The molecule has 90 valence electrons. The lowest BCUT2D eigenvalue weighted by Gasteiger charge is -2.37. The van der Waals surface area contributed by atoms with Gasteiger partial charge in [-0.3, -0.25) is 0 Å². The van der Waals surface area contributed by atoms with Crippen LogP contribution in [0.25, 0.3) is 0 Å². The number of hydrogen-bond acceptors (Lipinski definition) is 5. The molecule has 1 unspecified atom stereocenters. The lowest BCUT2D eigenvalue weighted by atomic mass is 10.2. The molecule has 0 aromatic carbocycles. The van der Waals surface area contributed by atoms with E-state index >= 15 is 0 Å². The van der Waals surface area contributed by atoms with Crippen molar-refractivity contribution in [1.29, 1.82) is 0 Å². The molecule has 2 rings (SSSR count). The summed E-state index contributed by atoms with van der Waals surface area (Å²) in [4.78, 5) is 6.81. The third-order valence-electron chi connectivity index (χ3n) is 2.63. The third-order valence-corrected chi connectivity index (χ3v) is 4.85. The number of rotatable bonds is 2. The van der Waals surface area contributed by atoms with Crippen LogP contribution in [0.3, 0.4) is 0 Å². The molecule has 1 aliphatic heterocycles. The minimum absolute atomic E-state index is 0.301. The standard InChI is InChI=1S/C11H18N2OS2/c1-8(14)9-6-15-10(12-9)13-4-5-16-11(2,3)7-13/h6,8,14H,4-5,7H2,1-3H3. The largest absolute Gasteiger partial charge is 0.387 e. The van der Waals surface area contributed by atoms with Crippen molar-refractivity contribution >= 4 is 28.2 Å². The quantitative estimate of drug-likeness (QED) is 0.884. The van der Waals surface area contributed by atoms with Gasteiger partial charge in [0, 0.05) is 29.0 Å². The molecule has 1 atom stereocenters. The number of aliphatic hydroxyl groups excluding tert-OH is 1. The van der Waals surface area contributed by atoms with Crippen molar-refractivity contribution in [3.05, 3.63) is 11.1 Å². The van der Waals surface area contributed by atoms with Crippen molar-refractivity contribution in [1.82, 2.24) is 4.98 Å². The first-order valence-corrected chi connectivity index (χ1v) is 7.37. The highest BCUT2D eigenvalue weighted by Crippen LogP contribution is 2.33. The summed E-state index contributed by atoms with van der Waals surface area (Å²) in [6, 6.07) is 0. The summed E-state index contributed by atoms with van der Waals surface area (Å²) in [5.41, 5.74) is 0.788. The topological polar surface area (TPSA) is 36.4 Å². The molecule has 0 spiro atoms. The Labute approximate surface area is 105 Å². The minimum Gasteiger partial charge on any atom is -0.387 e. The van der Waals surface area contributed by atoms with Crippen LogP contribution in [-0.4, -0.2) is 33.7 Å². The molecule has 1 aromatic heterocycles. The fourth-order valence-corrected chi connectivity index (χ4v) is 3.84. The Morgan fingerprint density at radius 1 is 1.56 bits per heavy atom. The van der Waals surface area contributed by atoms with Gasteiger partial charge in [0.05, 0.1) is 11.8 Å². The van der Waals surface area contributed by atoms with Crippen LogP contribution >= 0.6 is 23.1 Å². The van der Waals surface area contributed by atoms with Crippen molar-refractivity contribution < 1.29 is 5.11 Å². The number of nitrogens with zero attached hydrogens (tertiary/aromatic N) is 2. The Morgan fingerprint density at radius 2 is 2.31 bits per heavy atom. The third kappa shape index (κ3) is 2.70. The zero-order valence-electron chi connectivity index (χ0n) is 9.93. The molecule has 16 heavy (non-hydrogen) atoms. The number of aliphatic hydroxyl groups is 1. The van der Waals surface area contributed by atoms with Crippen LogP contribution in [0.15, 0.2) is 5.38 Å².